The summed E-state index contributed by atoms with van der Waals surface area (Å²) in [5.41, 5.74) is 5.24. The summed E-state index contributed by atoms with van der Waals surface area (Å²) in [5, 5.41) is 25.4. The third-order valence-corrected chi connectivity index (χ3v) is 17.9. The Kier molecular flexibility index (Phi) is 14.8. The van der Waals surface area contributed by atoms with Crippen molar-refractivity contribution in [1.82, 2.24) is 78.2 Å². The van der Waals surface area contributed by atoms with Crippen LogP contribution in [0.4, 0.5) is 52.2 Å². The van der Waals surface area contributed by atoms with Crippen molar-refractivity contribution in [3.05, 3.63) is 90.8 Å². The number of piperidine rings is 2. The van der Waals surface area contributed by atoms with Gasteiger partial charge in [-0.1, -0.05) is 0 Å². The molecule has 2 N–H and O–H groups in total. The van der Waals surface area contributed by atoms with Gasteiger partial charge in [0.1, 0.15) is 25.6 Å². The monoisotopic (exact) mass is 1160 g/mol. The van der Waals surface area contributed by atoms with Crippen LogP contribution in [0.1, 0.15) is 49.5 Å². The summed E-state index contributed by atoms with van der Waals surface area (Å²) in [6, 6.07) is 10.6. The zero-order chi connectivity index (χ0) is 58.0. The average Bonchev–Trinajstić information content (AvgIpc) is 2.75. The Morgan fingerprint density at radius 1 is 0.690 bits per heavy atom. The molecule has 6 fully saturated rings. The highest BCUT2D eigenvalue weighted by Gasteiger charge is 2.48. The number of carbonyl (C=O) groups is 3. The van der Waals surface area contributed by atoms with Gasteiger partial charge in [0.05, 0.1) is 46.9 Å². The fourth-order valence-corrected chi connectivity index (χ4v) is 13.6. The van der Waals surface area contributed by atoms with Crippen LogP contribution >= 0.6 is 0 Å². The number of hydrogen-bond acceptors (Lipinski definition) is 17. The number of piperazine rings is 2. The first kappa shape index (κ1) is 55.2. The number of anilines is 6. The molecule has 28 heteroatoms. The van der Waals surface area contributed by atoms with Crippen molar-refractivity contribution in [2.24, 2.45) is 23.7 Å². The first-order chi connectivity index (χ1) is 40.5. The van der Waals surface area contributed by atoms with E-state index in [0.29, 0.717) is 92.2 Å². The molecule has 2 aliphatic carbocycles. The molecule has 4 saturated heterocycles. The van der Waals surface area contributed by atoms with Crippen molar-refractivity contribution in [3.63, 3.8) is 0 Å². The van der Waals surface area contributed by atoms with Crippen molar-refractivity contribution in [3.8, 4) is 0 Å². The van der Waals surface area contributed by atoms with E-state index in [1.807, 2.05) is 41.2 Å². The lowest BCUT2D eigenvalue weighted by Crippen LogP contribution is -2.53. The van der Waals surface area contributed by atoms with Gasteiger partial charge >= 0.3 is 6.18 Å². The lowest BCUT2D eigenvalue weighted by Gasteiger charge is -2.43. The van der Waals surface area contributed by atoms with E-state index in [4.69, 9.17) is 24.9 Å². The van der Waals surface area contributed by atoms with E-state index in [2.05, 4.69) is 58.5 Å². The first-order valence-electron chi connectivity index (χ1n) is 28.9. The highest BCUT2D eigenvalue weighted by atomic mass is 19.4. The Hall–Kier alpha value is -7.98. The maximum atomic E-state index is 14.7. The van der Waals surface area contributed by atoms with Crippen LogP contribution in [-0.2, 0) is 32.2 Å². The molecule has 444 valence electrons. The molecule has 2 saturated carbocycles. The van der Waals surface area contributed by atoms with E-state index in [1.54, 1.807) is 49.2 Å². The first-order valence-corrected chi connectivity index (χ1v) is 28.9. The largest absolute Gasteiger partial charge is 0.397 e. The minimum absolute atomic E-state index is 0.0224. The predicted molar refractivity (Wildman–Crippen MR) is 300 cm³/mol. The summed E-state index contributed by atoms with van der Waals surface area (Å²) in [6.45, 7) is 8.40. The molecule has 24 nitrogen and oxygen atoms in total. The van der Waals surface area contributed by atoms with Gasteiger partial charge in [0.15, 0.2) is 11.3 Å². The van der Waals surface area contributed by atoms with Crippen molar-refractivity contribution in [2.45, 2.75) is 69.6 Å². The zero-order valence-corrected chi connectivity index (χ0v) is 47.1. The average molecular weight is 1160 g/mol. The van der Waals surface area contributed by atoms with E-state index in [-0.39, 0.29) is 66.7 Å². The molecular weight excluding hydrogens is 1090 g/mol. The van der Waals surface area contributed by atoms with Gasteiger partial charge < -0.3 is 49.7 Å². The van der Waals surface area contributed by atoms with Crippen LogP contribution in [0.3, 0.4) is 0 Å². The van der Waals surface area contributed by atoms with Crippen molar-refractivity contribution >= 4 is 63.7 Å². The van der Waals surface area contributed by atoms with Crippen LogP contribution in [0.2, 0.25) is 0 Å². The number of fused-ring (bicyclic) bond motifs is 6. The molecule has 84 heavy (non-hydrogen) atoms. The molecule has 6 aliphatic rings. The molecule has 13 rings (SSSR count). The summed E-state index contributed by atoms with van der Waals surface area (Å²) in [5.74, 6) is -0.973. The molecule has 0 spiro atoms. The zero-order valence-electron chi connectivity index (χ0n) is 47.1. The van der Waals surface area contributed by atoms with Gasteiger partial charge in [-0.05, 0) is 88.0 Å². The second-order valence-electron chi connectivity index (χ2n) is 23.6. The summed E-state index contributed by atoms with van der Waals surface area (Å²) >= 11 is 0. The van der Waals surface area contributed by atoms with Gasteiger partial charge in [-0.3, -0.25) is 23.7 Å². The van der Waals surface area contributed by atoms with Crippen molar-refractivity contribution in [1.29, 1.82) is 0 Å². The Morgan fingerprint density at radius 3 is 1.81 bits per heavy atom. The molecule has 4 bridgehead atoms. The predicted octanol–water partition coefficient (Wildman–Crippen LogP) is 4.38. The fraction of sp³-hybridized carbons (Fsp3) is 0.536. The number of pyridine rings is 3. The SMILES string of the molecule is CN1CCN(C(=O)Cn2cc(Nc3nc4c(N5C[C@H]6CC[C@@H](C5)C6OC(c5ccc(F)nc5)c5ccc(N6C[C@H]7CC[C@@H](C6)C7N(C)C(=O)CC(F)(F)F)c6nc(Nc7cnn(CC(=O)N8CCN(C)CC8)c7)nn56)cccn4n3)cn2)CC1. The van der Waals surface area contributed by atoms with E-state index < -0.39 is 30.6 Å². The Labute approximate surface area is 481 Å². The summed E-state index contributed by atoms with van der Waals surface area (Å²) in [7, 11) is 5.58. The molecule has 3 unspecified atom stereocenters. The van der Waals surface area contributed by atoms with Gasteiger partial charge in [-0.2, -0.15) is 37.7 Å². The van der Waals surface area contributed by atoms with Crippen LogP contribution in [0.15, 0.2) is 73.6 Å². The number of likely N-dealkylation sites (N-methyl/N-ethyl adjacent to an activating group) is 2. The molecule has 3 amide bonds. The smallest absolute Gasteiger partial charge is 0.368 e. The van der Waals surface area contributed by atoms with Gasteiger partial charge in [0.25, 0.3) is 0 Å². The lowest BCUT2D eigenvalue weighted by atomic mass is 9.90. The maximum absolute atomic E-state index is 14.7. The molecule has 4 aliphatic heterocycles. The van der Waals surface area contributed by atoms with Gasteiger partial charge in [-0.25, -0.2) is 14.0 Å². The third kappa shape index (κ3) is 11.4. The number of amides is 3. The maximum Gasteiger partial charge on any atom is 0.397 e. The van der Waals surface area contributed by atoms with Crippen LogP contribution in [-0.4, -0.2) is 214 Å². The number of hydrogen-bond donors (Lipinski definition) is 2. The third-order valence-electron chi connectivity index (χ3n) is 17.9. The normalized spacial score (nSPS) is 23.5. The lowest BCUT2D eigenvalue weighted by molar-refractivity contribution is -0.163. The Morgan fingerprint density at radius 2 is 1.24 bits per heavy atom. The molecule has 7 aromatic heterocycles. The second kappa shape index (κ2) is 22.5. The van der Waals surface area contributed by atoms with Crippen LogP contribution in [0, 0.1) is 29.6 Å². The number of carbonyl (C=O) groups excluding carboxylic acids is 3. The van der Waals surface area contributed by atoms with Crippen LogP contribution in [0.25, 0.3) is 11.3 Å². The molecule has 0 aromatic carbocycles. The van der Waals surface area contributed by atoms with Crippen LogP contribution < -0.4 is 20.4 Å². The van der Waals surface area contributed by atoms with Gasteiger partial charge in [0.2, 0.25) is 35.6 Å². The Bertz CT molecular complexity index is 3510. The minimum Gasteiger partial charge on any atom is -0.368 e. The topological polar surface area (TPSA) is 216 Å². The van der Waals surface area contributed by atoms with E-state index in [0.717, 1.165) is 63.2 Å². The van der Waals surface area contributed by atoms with Crippen molar-refractivity contribution in [2.75, 3.05) is 120 Å². The quantitative estimate of drug-likeness (QED) is 0.101. The number of halogens is 4. The van der Waals surface area contributed by atoms with E-state index in [1.165, 1.54) is 24.2 Å². The van der Waals surface area contributed by atoms with Gasteiger partial charge in [-0.15, -0.1) is 10.2 Å². The van der Waals surface area contributed by atoms with Crippen LogP contribution in [0.5, 0.6) is 0 Å². The summed E-state index contributed by atoms with van der Waals surface area (Å²) in [6.07, 6.45) is 6.30. The molecule has 0 radical (unpaired) electrons. The van der Waals surface area contributed by atoms with Crippen molar-refractivity contribution < 1.29 is 36.7 Å². The second-order valence-corrected chi connectivity index (χ2v) is 23.6. The molecule has 7 atom stereocenters. The highest BCUT2D eigenvalue weighted by molar-refractivity contribution is 5.78. The highest BCUT2D eigenvalue weighted by Crippen LogP contribution is 2.46. The van der Waals surface area contributed by atoms with E-state index in [9.17, 15) is 31.9 Å². The number of ether oxygens (including phenoxy) is 1. The fourth-order valence-electron chi connectivity index (χ4n) is 13.6. The number of nitrogens with one attached hydrogen (secondary N) is 2. The van der Waals surface area contributed by atoms with E-state index >= 15 is 0 Å². The number of rotatable bonds is 16. The molecule has 11 heterocycles. The number of nitrogens with zero attached hydrogens (tertiary/aromatic N) is 18. The summed E-state index contributed by atoms with van der Waals surface area (Å²) in [4.78, 5) is 67.3. The standard InChI is InChI=1S/C56H68F4N20O4/c1-70-15-19-73(20-16-70)47(82)33-77-31-40(25-62-77)64-54-66-52-43(5-4-14-79(52)68-54)76-29-38-8-9-39(30-76)50(38)84-51(35-10-13-45(57)61-24-35)42-11-12-44(75-27-36-6-7-37(28-75)49(36)72(3)46(81)23-56(58,59)60)53-67-55(69-80(42)53)65-41-26-63-78(32-41)34-48(83)74-21-17-71(2)18-22-74/h4-5,10-14,24-26,31-32,36-39,49-51H,6-9,15-23,27-30,33-34H2,1-3H3,(H,64,68)(H,65,69)/t36-,37+,38-,39+,49?,50?,51?. The Balaban J connectivity index is 0.765. The number of alkyl halides is 3. The number of aromatic nitrogens is 11. The molecular formula is C56H68F4N20O4. The van der Waals surface area contributed by atoms with Gasteiger partial charge in [0, 0.05) is 134 Å². The minimum atomic E-state index is -4.61. The summed E-state index contributed by atoms with van der Waals surface area (Å²) < 4.78 is 69.1. The molecule has 7 aromatic rings.